The number of hydrogen-bond donors (Lipinski definition) is 1. The number of pyridine rings is 1. The molecule has 0 fully saturated rings. The lowest BCUT2D eigenvalue weighted by atomic mass is 9.96. The summed E-state index contributed by atoms with van der Waals surface area (Å²) in [5.41, 5.74) is 3.71. The van der Waals surface area contributed by atoms with Crippen LogP contribution in [0, 0.1) is 12.8 Å². The van der Waals surface area contributed by atoms with E-state index in [-0.39, 0.29) is 0 Å². The Kier molecular flexibility index (Phi) is 4.69. The molecule has 0 aliphatic rings. The van der Waals surface area contributed by atoms with Gasteiger partial charge in [-0.3, -0.25) is 4.98 Å². The smallest absolute Gasteiger partial charge is 0.0570 e. The maximum atomic E-state index is 4.44. The Balaban J connectivity index is 2.09. The molecule has 1 N–H and O–H groups in total. The highest BCUT2D eigenvalue weighted by molar-refractivity contribution is 5.21. The molecule has 2 rings (SSSR count). The predicted molar refractivity (Wildman–Crippen MR) is 79.8 cm³/mol. The molecule has 2 heteroatoms. The second kappa shape index (κ2) is 6.48. The zero-order valence-corrected chi connectivity index (χ0v) is 11.9. The number of benzene rings is 1. The first-order chi connectivity index (χ1) is 9.18. The highest BCUT2D eigenvalue weighted by Crippen LogP contribution is 2.21. The second-order valence-corrected chi connectivity index (χ2v) is 5.28. The fraction of sp³-hybridized carbons (Fsp3) is 0.353. The lowest BCUT2D eigenvalue weighted by Gasteiger charge is -2.23. The standard InChI is InChI=1S/C17H22N2/c1-13(2)17(15-9-5-4-6-10-15)19-12-16-14(3)8-7-11-18-16/h4-11,13,17,19H,12H2,1-3H3. The minimum atomic E-state index is 0.364. The van der Waals surface area contributed by atoms with Crippen LogP contribution in [0.1, 0.15) is 36.7 Å². The van der Waals surface area contributed by atoms with E-state index in [0.717, 1.165) is 12.2 Å². The lowest BCUT2D eigenvalue weighted by Crippen LogP contribution is -2.26. The minimum absolute atomic E-state index is 0.364. The molecule has 1 heterocycles. The zero-order chi connectivity index (χ0) is 13.7. The van der Waals surface area contributed by atoms with Gasteiger partial charge in [-0.1, -0.05) is 50.2 Å². The van der Waals surface area contributed by atoms with Gasteiger partial charge in [0, 0.05) is 18.8 Å². The van der Waals surface area contributed by atoms with Gasteiger partial charge in [-0.2, -0.15) is 0 Å². The van der Waals surface area contributed by atoms with Crippen LogP contribution < -0.4 is 5.32 Å². The summed E-state index contributed by atoms with van der Waals surface area (Å²) in [4.78, 5) is 4.44. The van der Waals surface area contributed by atoms with E-state index in [1.165, 1.54) is 11.1 Å². The van der Waals surface area contributed by atoms with E-state index in [1.807, 2.05) is 12.3 Å². The van der Waals surface area contributed by atoms with Crippen LogP contribution >= 0.6 is 0 Å². The van der Waals surface area contributed by atoms with Crippen LogP contribution in [-0.2, 0) is 6.54 Å². The van der Waals surface area contributed by atoms with E-state index in [4.69, 9.17) is 0 Å². The van der Waals surface area contributed by atoms with Crippen molar-refractivity contribution in [2.24, 2.45) is 5.92 Å². The van der Waals surface area contributed by atoms with E-state index in [0.29, 0.717) is 12.0 Å². The average molecular weight is 254 g/mol. The van der Waals surface area contributed by atoms with Crippen molar-refractivity contribution in [2.45, 2.75) is 33.4 Å². The van der Waals surface area contributed by atoms with Gasteiger partial charge in [0.25, 0.3) is 0 Å². The van der Waals surface area contributed by atoms with E-state index in [9.17, 15) is 0 Å². The number of aromatic nitrogens is 1. The van der Waals surface area contributed by atoms with Gasteiger partial charge >= 0.3 is 0 Å². The van der Waals surface area contributed by atoms with Gasteiger partial charge in [0.15, 0.2) is 0 Å². The molecular weight excluding hydrogens is 232 g/mol. The molecule has 19 heavy (non-hydrogen) atoms. The van der Waals surface area contributed by atoms with Crippen LogP contribution in [0.15, 0.2) is 48.7 Å². The molecule has 100 valence electrons. The minimum Gasteiger partial charge on any atom is -0.304 e. The largest absolute Gasteiger partial charge is 0.304 e. The van der Waals surface area contributed by atoms with Crippen molar-refractivity contribution in [3.8, 4) is 0 Å². The Labute approximate surface area is 115 Å². The van der Waals surface area contributed by atoms with Crippen molar-refractivity contribution in [1.82, 2.24) is 10.3 Å². The number of nitrogens with one attached hydrogen (secondary N) is 1. The average Bonchev–Trinajstić information content (AvgIpc) is 2.42. The Morgan fingerprint density at radius 2 is 1.79 bits per heavy atom. The van der Waals surface area contributed by atoms with Gasteiger partial charge in [-0.25, -0.2) is 0 Å². The summed E-state index contributed by atoms with van der Waals surface area (Å²) in [5.74, 6) is 0.548. The summed E-state index contributed by atoms with van der Waals surface area (Å²) in [6.45, 7) is 7.41. The third-order valence-corrected chi connectivity index (χ3v) is 3.43. The normalized spacial score (nSPS) is 12.6. The number of nitrogens with zero attached hydrogens (tertiary/aromatic N) is 1. The molecule has 0 bridgehead atoms. The molecule has 1 aromatic heterocycles. The Morgan fingerprint density at radius 3 is 2.42 bits per heavy atom. The maximum absolute atomic E-state index is 4.44. The van der Waals surface area contributed by atoms with Gasteiger partial charge in [-0.05, 0) is 30.0 Å². The molecule has 0 radical (unpaired) electrons. The van der Waals surface area contributed by atoms with Crippen LogP contribution in [0.4, 0.5) is 0 Å². The van der Waals surface area contributed by atoms with Crippen molar-refractivity contribution >= 4 is 0 Å². The summed E-state index contributed by atoms with van der Waals surface area (Å²) in [7, 11) is 0. The Morgan fingerprint density at radius 1 is 1.05 bits per heavy atom. The highest BCUT2D eigenvalue weighted by Gasteiger charge is 2.15. The van der Waals surface area contributed by atoms with Crippen molar-refractivity contribution < 1.29 is 0 Å². The summed E-state index contributed by atoms with van der Waals surface area (Å²) in [6, 6.07) is 15.1. The fourth-order valence-corrected chi connectivity index (χ4v) is 2.31. The van der Waals surface area contributed by atoms with Crippen LogP contribution in [0.3, 0.4) is 0 Å². The number of rotatable bonds is 5. The SMILES string of the molecule is Cc1cccnc1CNC(c1ccccc1)C(C)C. The van der Waals surface area contributed by atoms with Gasteiger partial charge in [0.1, 0.15) is 0 Å². The summed E-state index contributed by atoms with van der Waals surface area (Å²) >= 11 is 0. The van der Waals surface area contributed by atoms with Crippen LogP contribution in [0.5, 0.6) is 0 Å². The molecular formula is C17H22N2. The second-order valence-electron chi connectivity index (χ2n) is 5.28. The van der Waals surface area contributed by atoms with Gasteiger partial charge < -0.3 is 5.32 Å². The summed E-state index contributed by atoms with van der Waals surface area (Å²) in [5, 5.41) is 3.63. The summed E-state index contributed by atoms with van der Waals surface area (Å²) in [6.07, 6.45) is 1.86. The molecule has 1 atom stereocenters. The van der Waals surface area contributed by atoms with Crippen LogP contribution in [0.25, 0.3) is 0 Å². The third-order valence-electron chi connectivity index (χ3n) is 3.43. The highest BCUT2D eigenvalue weighted by atomic mass is 14.9. The van der Waals surface area contributed by atoms with E-state index >= 15 is 0 Å². The molecule has 1 aromatic carbocycles. The quantitative estimate of drug-likeness (QED) is 0.876. The van der Waals surface area contributed by atoms with E-state index in [2.05, 4.69) is 67.5 Å². The van der Waals surface area contributed by atoms with E-state index in [1.54, 1.807) is 0 Å². The predicted octanol–water partition coefficient (Wildman–Crippen LogP) is 3.88. The fourth-order valence-electron chi connectivity index (χ4n) is 2.31. The van der Waals surface area contributed by atoms with Crippen molar-refractivity contribution in [1.29, 1.82) is 0 Å². The molecule has 0 spiro atoms. The maximum Gasteiger partial charge on any atom is 0.0570 e. The molecule has 2 nitrogen and oxygen atoms in total. The Hall–Kier alpha value is -1.67. The van der Waals surface area contributed by atoms with Gasteiger partial charge in [0.05, 0.1) is 5.69 Å². The summed E-state index contributed by atoms with van der Waals surface area (Å²) < 4.78 is 0. The Bertz CT molecular complexity index is 506. The monoisotopic (exact) mass is 254 g/mol. The zero-order valence-electron chi connectivity index (χ0n) is 11.9. The lowest BCUT2D eigenvalue weighted by molar-refractivity contribution is 0.408. The topological polar surface area (TPSA) is 24.9 Å². The van der Waals surface area contributed by atoms with E-state index < -0.39 is 0 Å². The van der Waals surface area contributed by atoms with Gasteiger partial charge in [-0.15, -0.1) is 0 Å². The third kappa shape index (κ3) is 3.65. The molecule has 0 aliphatic carbocycles. The first kappa shape index (κ1) is 13.8. The van der Waals surface area contributed by atoms with Crippen molar-refractivity contribution in [3.05, 3.63) is 65.5 Å². The molecule has 0 saturated heterocycles. The molecule has 1 unspecified atom stereocenters. The molecule has 0 saturated carbocycles. The first-order valence-electron chi connectivity index (χ1n) is 6.87. The van der Waals surface area contributed by atoms with Crippen molar-refractivity contribution in [3.63, 3.8) is 0 Å². The molecule has 2 aromatic rings. The van der Waals surface area contributed by atoms with Crippen LogP contribution in [0.2, 0.25) is 0 Å². The van der Waals surface area contributed by atoms with Crippen molar-refractivity contribution in [2.75, 3.05) is 0 Å². The molecule has 0 amide bonds. The van der Waals surface area contributed by atoms with Crippen LogP contribution in [-0.4, -0.2) is 4.98 Å². The van der Waals surface area contributed by atoms with Gasteiger partial charge in [0.2, 0.25) is 0 Å². The number of aryl methyl sites for hydroxylation is 1. The molecule has 0 aliphatic heterocycles. The number of hydrogen-bond acceptors (Lipinski definition) is 2. The first-order valence-corrected chi connectivity index (χ1v) is 6.87.